The van der Waals surface area contributed by atoms with Crippen molar-refractivity contribution in [3.63, 3.8) is 0 Å². The summed E-state index contributed by atoms with van der Waals surface area (Å²) in [5.41, 5.74) is 0. The molecule has 1 rings (SSSR count). The smallest absolute Gasteiger partial charge is 0.309 e. The molecule has 0 bridgehead atoms. The Morgan fingerprint density at radius 1 is 1.44 bits per heavy atom. The maximum absolute atomic E-state index is 11.0. The molecule has 4 heteroatoms. The molecule has 3 unspecified atom stereocenters. The van der Waals surface area contributed by atoms with E-state index in [1.807, 2.05) is 13.8 Å². The van der Waals surface area contributed by atoms with Crippen molar-refractivity contribution in [2.24, 2.45) is 5.92 Å². The Hall–Kier alpha value is -0.610. The molecule has 0 radical (unpaired) electrons. The van der Waals surface area contributed by atoms with Crippen molar-refractivity contribution in [1.82, 2.24) is 0 Å². The topological polar surface area (TPSA) is 55.8 Å². The molecule has 0 saturated heterocycles. The van der Waals surface area contributed by atoms with Gasteiger partial charge in [0, 0.05) is 0 Å². The molecule has 0 aromatic rings. The summed E-state index contributed by atoms with van der Waals surface area (Å²) in [6.45, 7) is 4.24. The fourth-order valence-electron chi connectivity index (χ4n) is 1.94. The second kappa shape index (κ2) is 6.86. The molecular formula is C12H22O4. The third-order valence-electron chi connectivity index (χ3n) is 3.23. The van der Waals surface area contributed by atoms with Gasteiger partial charge in [-0.3, -0.25) is 4.79 Å². The van der Waals surface area contributed by atoms with E-state index in [2.05, 4.69) is 0 Å². The summed E-state index contributed by atoms with van der Waals surface area (Å²) in [7, 11) is 0. The lowest BCUT2D eigenvalue weighted by Crippen LogP contribution is -2.34. The standard InChI is InChI=1S/C12H22O4/c1-3-9(2)15-8-16-11-7-5-4-6-10(11)12(13)14/h9-11H,3-8H2,1-2H3,(H,13,14). The summed E-state index contributed by atoms with van der Waals surface area (Å²) in [5.74, 6) is -1.09. The van der Waals surface area contributed by atoms with Crippen LogP contribution in [-0.4, -0.2) is 30.1 Å². The zero-order chi connectivity index (χ0) is 12.0. The quantitative estimate of drug-likeness (QED) is 0.712. The molecule has 16 heavy (non-hydrogen) atoms. The minimum absolute atomic E-state index is 0.171. The number of carbonyl (C=O) groups is 1. The van der Waals surface area contributed by atoms with Crippen LogP contribution in [0.15, 0.2) is 0 Å². The lowest BCUT2D eigenvalue weighted by molar-refractivity contribution is -0.163. The van der Waals surface area contributed by atoms with Crippen molar-refractivity contribution < 1.29 is 19.4 Å². The van der Waals surface area contributed by atoms with Gasteiger partial charge in [0.15, 0.2) is 0 Å². The Balaban J connectivity index is 2.30. The van der Waals surface area contributed by atoms with Crippen LogP contribution in [0.2, 0.25) is 0 Å². The molecule has 94 valence electrons. The summed E-state index contributed by atoms with van der Waals surface area (Å²) >= 11 is 0. The van der Waals surface area contributed by atoms with E-state index in [0.717, 1.165) is 32.1 Å². The fourth-order valence-corrected chi connectivity index (χ4v) is 1.94. The van der Waals surface area contributed by atoms with Crippen molar-refractivity contribution in [3.8, 4) is 0 Å². The van der Waals surface area contributed by atoms with Gasteiger partial charge in [-0.2, -0.15) is 0 Å². The SMILES string of the molecule is CCC(C)OCOC1CCCCC1C(=O)O. The second-order valence-electron chi connectivity index (χ2n) is 4.44. The van der Waals surface area contributed by atoms with Crippen LogP contribution in [0.4, 0.5) is 0 Å². The first-order chi connectivity index (χ1) is 7.65. The second-order valence-corrected chi connectivity index (χ2v) is 4.44. The number of carboxylic acids is 1. The van der Waals surface area contributed by atoms with Crippen molar-refractivity contribution in [2.75, 3.05) is 6.79 Å². The fraction of sp³-hybridized carbons (Fsp3) is 0.917. The monoisotopic (exact) mass is 230 g/mol. The highest BCUT2D eigenvalue weighted by Crippen LogP contribution is 2.27. The molecule has 0 spiro atoms. The van der Waals surface area contributed by atoms with Crippen LogP contribution in [0.3, 0.4) is 0 Å². The predicted octanol–water partition coefficient (Wildman–Crippen LogP) is 2.42. The van der Waals surface area contributed by atoms with Crippen molar-refractivity contribution in [2.45, 2.75) is 58.2 Å². The molecule has 1 fully saturated rings. The molecule has 0 aromatic carbocycles. The van der Waals surface area contributed by atoms with E-state index in [-0.39, 0.29) is 24.9 Å². The lowest BCUT2D eigenvalue weighted by atomic mass is 9.86. The Bertz CT molecular complexity index is 217. The normalized spacial score (nSPS) is 27.6. The van der Waals surface area contributed by atoms with Crippen LogP contribution >= 0.6 is 0 Å². The van der Waals surface area contributed by atoms with Gasteiger partial charge in [-0.1, -0.05) is 19.8 Å². The van der Waals surface area contributed by atoms with Crippen LogP contribution in [0.5, 0.6) is 0 Å². The first-order valence-electron chi connectivity index (χ1n) is 6.11. The summed E-state index contributed by atoms with van der Waals surface area (Å²) in [6.07, 6.45) is 4.55. The van der Waals surface area contributed by atoms with E-state index in [1.54, 1.807) is 0 Å². The molecule has 1 saturated carbocycles. The molecule has 0 amide bonds. The Morgan fingerprint density at radius 3 is 2.75 bits per heavy atom. The molecule has 0 heterocycles. The van der Waals surface area contributed by atoms with Gasteiger partial charge in [0.05, 0.1) is 18.1 Å². The summed E-state index contributed by atoms with van der Waals surface area (Å²) in [6, 6.07) is 0. The van der Waals surface area contributed by atoms with Gasteiger partial charge in [0.1, 0.15) is 6.79 Å². The van der Waals surface area contributed by atoms with Gasteiger partial charge in [-0.25, -0.2) is 0 Å². The molecule has 0 aromatic heterocycles. The van der Waals surface area contributed by atoms with E-state index >= 15 is 0 Å². The minimum atomic E-state index is -0.742. The van der Waals surface area contributed by atoms with Gasteiger partial charge in [0.2, 0.25) is 0 Å². The average Bonchev–Trinajstić information content (AvgIpc) is 2.29. The molecule has 1 N–H and O–H groups in total. The van der Waals surface area contributed by atoms with Gasteiger partial charge in [-0.15, -0.1) is 0 Å². The number of carboxylic acid groups (broad SMARTS) is 1. The van der Waals surface area contributed by atoms with Gasteiger partial charge in [-0.05, 0) is 26.2 Å². The maximum Gasteiger partial charge on any atom is 0.309 e. The highest BCUT2D eigenvalue weighted by Gasteiger charge is 2.31. The largest absolute Gasteiger partial charge is 0.481 e. The van der Waals surface area contributed by atoms with E-state index in [9.17, 15) is 4.79 Å². The van der Waals surface area contributed by atoms with E-state index in [4.69, 9.17) is 14.6 Å². The number of ether oxygens (including phenoxy) is 2. The first-order valence-corrected chi connectivity index (χ1v) is 6.11. The first kappa shape index (κ1) is 13.5. The van der Waals surface area contributed by atoms with Crippen LogP contribution in [-0.2, 0) is 14.3 Å². The zero-order valence-electron chi connectivity index (χ0n) is 10.1. The van der Waals surface area contributed by atoms with Crippen molar-refractivity contribution in [1.29, 1.82) is 0 Å². The highest BCUT2D eigenvalue weighted by molar-refractivity contribution is 5.70. The highest BCUT2D eigenvalue weighted by atomic mass is 16.7. The van der Waals surface area contributed by atoms with Crippen molar-refractivity contribution >= 4 is 5.97 Å². The lowest BCUT2D eigenvalue weighted by Gasteiger charge is -2.28. The third-order valence-corrected chi connectivity index (χ3v) is 3.23. The van der Waals surface area contributed by atoms with Crippen LogP contribution in [0.1, 0.15) is 46.0 Å². The minimum Gasteiger partial charge on any atom is -0.481 e. The summed E-state index contributed by atoms with van der Waals surface area (Å²) < 4.78 is 10.9. The molecular weight excluding hydrogens is 208 g/mol. The third kappa shape index (κ3) is 4.10. The molecule has 3 atom stereocenters. The number of hydrogen-bond donors (Lipinski definition) is 1. The van der Waals surface area contributed by atoms with Crippen LogP contribution < -0.4 is 0 Å². The van der Waals surface area contributed by atoms with E-state index in [0.29, 0.717) is 0 Å². The number of rotatable bonds is 6. The molecule has 0 aliphatic heterocycles. The number of hydrogen-bond acceptors (Lipinski definition) is 3. The molecule has 4 nitrogen and oxygen atoms in total. The summed E-state index contributed by atoms with van der Waals surface area (Å²) in [5, 5.41) is 9.04. The molecule has 1 aliphatic carbocycles. The van der Waals surface area contributed by atoms with Gasteiger partial charge >= 0.3 is 5.97 Å². The van der Waals surface area contributed by atoms with Crippen LogP contribution in [0.25, 0.3) is 0 Å². The van der Waals surface area contributed by atoms with Gasteiger partial charge in [0.25, 0.3) is 0 Å². The Kier molecular flexibility index (Phi) is 5.77. The zero-order valence-corrected chi connectivity index (χ0v) is 10.1. The Morgan fingerprint density at radius 2 is 2.12 bits per heavy atom. The summed E-state index contributed by atoms with van der Waals surface area (Å²) in [4.78, 5) is 11.0. The molecule has 1 aliphatic rings. The average molecular weight is 230 g/mol. The van der Waals surface area contributed by atoms with E-state index in [1.165, 1.54) is 0 Å². The van der Waals surface area contributed by atoms with Crippen molar-refractivity contribution in [3.05, 3.63) is 0 Å². The Labute approximate surface area is 96.9 Å². The predicted molar refractivity (Wildman–Crippen MR) is 60.2 cm³/mol. The number of aliphatic carboxylic acids is 1. The van der Waals surface area contributed by atoms with Gasteiger partial charge < -0.3 is 14.6 Å². The van der Waals surface area contributed by atoms with Crippen LogP contribution in [0, 0.1) is 5.92 Å². The maximum atomic E-state index is 11.0. The van der Waals surface area contributed by atoms with E-state index < -0.39 is 5.97 Å².